The maximum atomic E-state index is 9.60. The van der Waals surface area contributed by atoms with Crippen molar-refractivity contribution in [2.75, 3.05) is 7.11 Å². The van der Waals surface area contributed by atoms with Crippen molar-refractivity contribution < 1.29 is 9.84 Å². The van der Waals surface area contributed by atoms with E-state index in [-0.39, 0.29) is 18.4 Å². The van der Waals surface area contributed by atoms with Gasteiger partial charge in [0, 0.05) is 6.04 Å². The summed E-state index contributed by atoms with van der Waals surface area (Å²) in [5.41, 5.74) is 6.37. The smallest absolute Gasteiger partial charge is 0.118 e. The highest BCUT2D eigenvalue weighted by atomic mass is 35.5. The highest BCUT2D eigenvalue weighted by molar-refractivity contribution is 5.85. The van der Waals surface area contributed by atoms with E-state index in [2.05, 4.69) is 0 Å². The van der Waals surface area contributed by atoms with Crippen LogP contribution in [0, 0.1) is 0 Å². The summed E-state index contributed by atoms with van der Waals surface area (Å²) < 4.78 is 5.00. The highest BCUT2D eigenvalue weighted by Crippen LogP contribution is 2.18. The molecule has 3 nitrogen and oxygen atoms in total. The van der Waals surface area contributed by atoms with Gasteiger partial charge in [0.05, 0.1) is 13.2 Å². The van der Waals surface area contributed by atoms with Crippen molar-refractivity contribution in [1.82, 2.24) is 0 Å². The van der Waals surface area contributed by atoms with E-state index in [1.807, 2.05) is 12.1 Å². The molecule has 0 heterocycles. The first kappa shape index (κ1) is 13.2. The van der Waals surface area contributed by atoms with Crippen LogP contribution in [-0.4, -0.2) is 18.3 Å². The second kappa shape index (κ2) is 5.86. The van der Waals surface area contributed by atoms with Crippen molar-refractivity contribution >= 4 is 12.4 Å². The van der Waals surface area contributed by atoms with Crippen molar-refractivity contribution in [2.45, 2.75) is 19.1 Å². The van der Waals surface area contributed by atoms with Crippen molar-refractivity contribution in [1.29, 1.82) is 0 Å². The minimum Gasteiger partial charge on any atom is -0.497 e. The van der Waals surface area contributed by atoms with Gasteiger partial charge in [0.1, 0.15) is 5.75 Å². The maximum Gasteiger partial charge on any atom is 0.118 e. The second-order valence-corrected chi connectivity index (χ2v) is 3.08. The van der Waals surface area contributed by atoms with Crippen LogP contribution in [-0.2, 0) is 0 Å². The Kier molecular flexibility index (Phi) is 5.53. The van der Waals surface area contributed by atoms with Gasteiger partial charge >= 0.3 is 0 Å². The summed E-state index contributed by atoms with van der Waals surface area (Å²) in [4.78, 5) is 0. The third-order valence-corrected chi connectivity index (χ3v) is 1.96. The molecule has 14 heavy (non-hydrogen) atoms. The summed E-state index contributed by atoms with van der Waals surface area (Å²) in [6.07, 6.45) is -0.606. The SMILES string of the molecule is COc1ccc([C@@H](O)[C@H](C)N)cc1.Cl. The number of methoxy groups -OCH3 is 1. The third-order valence-electron chi connectivity index (χ3n) is 1.96. The number of benzene rings is 1. The van der Waals surface area contributed by atoms with E-state index in [1.165, 1.54) is 0 Å². The molecular weight excluding hydrogens is 202 g/mol. The molecule has 2 atom stereocenters. The van der Waals surface area contributed by atoms with Crippen molar-refractivity contribution in [3.63, 3.8) is 0 Å². The molecule has 0 aromatic heterocycles. The summed E-state index contributed by atoms with van der Waals surface area (Å²) in [6, 6.07) is 6.98. The molecule has 0 amide bonds. The number of halogens is 1. The molecule has 0 unspecified atom stereocenters. The predicted octanol–water partition coefficient (Wildman–Crippen LogP) is 1.50. The Morgan fingerprint density at radius 1 is 1.29 bits per heavy atom. The first-order valence-electron chi connectivity index (χ1n) is 4.22. The largest absolute Gasteiger partial charge is 0.497 e. The molecular formula is C10H16ClNO2. The standard InChI is InChI=1S/C10H15NO2.ClH/c1-7(11)10(12)8-3-5-9(13-2)6-4-8;/h3-7,10,12H,11H2,1-2H3;1H/t7-,10-;/m0./s1. The van der Waals surface area contributed by atoms with Crippen LogP contribution >= 0.6 is 12.4 Å². The molecule has 0 spiro atoms. The molecule has 0 fully saturated rings. The van der Waals surface area contributed by atoms with Crippen molar-refractivity contribution in [3.05, 3.63) is 29.8 Å². The van der Waals surface area contributed by atoms with Gasteiger partial charge in [-0.05, 0) is 24.6 Å². The summed E-state index contributed by atoms with van der Waals surface area (Å²) in [5.74, 6) is 0.778. The Labute approximate surface area is 90.3 Å². The van der Waals surface area contributed by atoms with Gasteiger partial charge in [-0.2, -0.15) is 0 Å². The average Bonchev–Trinajstić information content (AvgIpc) is 2.17. The maximum absolute atomic E-state index is 9.60. The summed E-state index contributed by atoms with van der Waals surface area (Å²) in [6.45, 7) is 1.77. The van der Waals surface area contributed by atoms with Gasteiger partial charge in [-0.3, -0.25) is 0 Å². The normalized spacial score (nSPS) is 14.0. The number of aliphatic hydroxyl groups is 1. The molecule has 0 saturated carbocycles. The van der Waals surface area contributed by atoms with E-state index < -0.39 is 6.10 Å². The monoisotopic (exact) mass is 217 g/mol. The highest BCUT2D eigenvalue weighted by Gasteiger charge is 2.11. The number of hydrogen-bond acceptors (Lipinski definition) is 3. The third kappa shape index (κ3) is 3.18. The molecule has 3 N–H and O–H groups in total. The van der Waals surface area contributed by atoms with Crippen LogP contribution in [0.5, 0.6) is 5.75 Å². The average molecular weight is 218 g/mol. The summed E-state index contributed by atoms with van der Waals surface area (Å²) in [5, 5.41) is 9.60. The zero-order valence-electron chi connectivity index (χ0n) is 8.31. The van der Waals surface area contributed by atoms with Crippen LogP contribution in [0.1, 0.15) is 18.6 Å². The fourth-order valence-electron chi connectivity index (χ4n) is 1.10. The lowest BCUT2D eigenvalue weighted by molar-refractivity contribution is 0.153. The Bertz CT molecular complexity index is 261. The molecule has 1 rings (SSSR count). The Morgan fingerprint density at radius 2 is 1.79 bits per heavy atom. The van der Waals surface area contributed by atoms with Crippen LogP contribution in [0.3, 0.4) is 0 Å². The fraction of sp³-hybridized carbons (Fsp3) is 0.400. The van der Waals surface area contributed by atoms with Gasteiger partial charge in [-0.1, -0.05) is 12.1 Å². The Morgan fingerprint density at radius 3 is 2.14 bits per heavy atom. The molecule has 1 aromatic rings. The van der Waals surface area contributed by atoms with Crippen LogP contribution < -0.4 is 10.5 Å². The number of nitrogens with two attached hydrogens (primary N) is 1. The fourth-order valence-corrected chi connectivity index (χ4v) is 1.10. The first-order chi connectivity index (χ1) is 6.15. The van der Waals surface area contributed by atoms with Crippen LogP contribution in [0.2, 0.25) is 0 Å². The zero-order chi connectivity index (χ0) is 9.84. The molecule has 0 bridgehead atoms. The van der Waals surface area contributed by atoms with E-state index in [1.54, 1.807) is 26.2 Å². The lowest BCUT2D eigenvalue weighted by atomic mass is 10.0. The molecule has 1 aromatic carbocycles. The second-order valence-electron chi connectivity index (χ2n) is 3.08. The molecule has 0 radical (unpaired) electrons. The molecule has 80 valence electrons. The first-order valence-corrected chi connectivity index (χ1v) is 4.22. The van der Waals surface area contributed by atoms with Crippen molar-refractivity contribution in [2.24, 2.45) is 5.73 Å². The zero-order valence-corrected chi connectivity index (χ0v) is 9.12. The summed E-state index contributed by atoms with van der Waals surface area (Å²) >= 11 is 0. The topological polar surface area (TPSA) is 55.5 Å². The van der Waals surface area contributed by atoms with Crippen LogP contribution in [0.15, 0.2) is 24.3 Å². The summed E-state index contributed by atoms with van der Waals surface area (Å²) in [7, 11) is 1.61. The van der Waals surface area contributed by atoms with E-state index in [4.69, 9.17) is 10.5 Å². The van der Waals surface area contributed by atoms with E-state index in [0.29, 0.717) is 0 Å². The van der Waals surface area contributed by atoms with Gasteiger partial charge in [0.15, 0.2) is 0 Å². The lowest BCUT2D eigenvalue weighted by Gasteiger charge is -2.14. The molecule has 0 aliphatic rings. The van der Waals surface area contributed by atoms with Crippen molar-refractivity contribution in [3.8, 4) is 5.75 Å². The Balaban J connectivity index is 0.00000169. The number of aliphatic hydroxyl groups excluding tert-OH is 1. The molecule has 4 heteroatoms. The minimum atomic E-state index is -0.606. The molecule has 0 aliphatic heterocycles. The quantitative estimate of drug-likeness (QED) is 0.807. The number of ether oxygens (including phenoxy) is 1. The van der Waals surface area contributed by atoms with Crippen LogP contribution in [0.25, 0.3) is 0 Å². The van der Waals surface area contributed by atoms with Gasteiger partial charge in [-0.25, -0.2) is 0 Å². The van der Waals surface area contributed by atoms with Gasteiger partial charge in [0.25, 0.3) is 0 Å². The van der Waals surface area contributed by atoms with Gasteiger partial charge in [0.2, 0.25) is 0 Å². The van der Waals surface area contributed by atoms with E-state index >= 15 is 0 Å². The van der Waals surface area contributed by atoms with Gasteiger partial charge in [-0.15, -0.1) is 12.4 Å². The Hall–Kier alpha value is -0.770. The van der Waals surface area contributed by atoms with Gasteiger partial charge < -0.3 is 15.6 Å². The predicted molar refractivity (Wildman–Crippen MR) is 58.9 cm³/mol. The molecule has 0 saturated heterocycles. The number of hydrogen-bond donors (Lipinski definition) is 2. The number of rotatable bonds is 3. The van der Waals surface area contributed by atoms with Crippen LogP contribution in [0.4, 0.5) is 0 Å². The van der Waals surface area contributed by atoms with E-state index in [0.717, 1.165) is 11.3 Å². The van der Waals surface area contributed by atoms with E-state index in [9.17, 15) is 5.11 Å². The lowest BCUT2D eigenvalue weighted by Crippen LogP contribution is -2.24. The molecule has 0 aliphatic carbocycles. The minimum absolute atomic E-state index is 0.